The second-order valence-corrected chi connectivity index (χ2v) is 6.84. The number of rotatable bonds is 4. The van der Waals surface area contributed by atoms with Crippen LogP contribution in [0.5, 0.6) is 0 Å². The minimum Gasteiger partial charge on any atom is -0.310 e. The van der Waals surface area contributed by atoms with E-state index in [0.717, 1.165) is 11.2 Å². The van der Waals surface area contributed by atoms with Crippen molar-refractivity contribution in [1.82, 2.24) is 9.38 Å². The van der Waals surface area contributed by atoms with Gasteiger partial charge in [0.15, 0.2) is 0 Å². The fourth-order valence-electron chi connectivity index (χ4n) is 2.95. The number of carbonyl (C=O) groups excluding carboxylic acids is 1. The quantitative estimate of drug-likeness (QED) is 0.496. The zero-order valence-electron chi connectivity index (χ0n) is 14.2. The van der Waals surface area contributed by atoms with Crippen LogP contribution in [0.2, 0.25) is 10.0 Å². The molecule has 1 N–H and O–H groups in total. The molecule has 2 heterocycles. The number of imidazole rings is 1. The summed E-state index contributed by atoms with van der Waals surface area (Å²) < 4.78 is 1.86. The molecule has 6 heteroatoms. The molecule has 0 saturated heterocycles. The minimum atomic E-state index is -0.215. The third-order valence-corrected chi connectivity index (χ3v) is 4.94. The zero-order valence-corrected chi connectivity index (χ0v) is 15.7. The molecule has 0 fully saturated rings. The van der Waals surface area contributed by atoms with Crippen molar-refractivity contribution in [3.63, 3.8) is 0 Å². The summed E-state index contributed by atoms with van der Waals surface area (Å²) in [6.45, 7) is 0. The Hall–Kier alpha value is -2.82. The van der Waals surface area contributed by atoms with Crippen LogP contribution < -0.4 is 5.32 Å². The Labute approximate surface area is 166 Å². The second-order valence-electron chi connectivity index (χ2n) is 6.03. The number of carbonyl (C=O) groups is 1. The van der Waals surface area contributed by atoms with Crippen LogP contribution in [0.1, 0.15) is 5.56 Å². The molecule has 0 radical (unpaired) electrons. The van der Waals surface area contributed by atoms with Crippen LogP contribution in [0.25, 0.3) is 16.9 Å². The lowest BCUT2D eigenvalue weighted by Crippen LogP contribution is -2.16. The van der Waals surface area contributed by atoms with E-state index >= 15 is 0 Å². The molecule has 0 spiro atoms. The molecular formula is C21H15Cl2N3O. The first-order chi connectivity index (χ1) is 13.1. The Morgan fingerprint density at radius 3 is 2.37 bits per heavy atom. The molecule has 0 aliphatic carbocycles. The summed E-state index contributed by atoms with van der Waals surface area (Å²) in [6.07, 6.45) is 1.94. The van der Waals surface area contributed by atoms with Crippen molar-refractivity contribution >= 4 is 40.6 Å². The number of benzene rings is 2. The first-order valence-corrected chi connectivity index (χ1v) is 9.14. The van der Waals surface area contributed by atoms with Gasteiger partial charge in [-0.3, -0.25) is 9.20 Å². The summed E-state index contributed by atoms with van der Waals surface area (Å²) in [5.74, 6) is 0.401. The molecule has 4 aromatic rings. The number of nitrogens with zero attached hydrogens (tertiary/aromatic N) is 2. The van der Waals surface area contributed by atoms with E-state index in [1.807, 2.05) is 59.1 Å². The number of halogens is 2. The molecular weight excluding hydrogens is 381 g/mol. The van der Waals surface area contributed by atoms with Crippen LogP contribution in [0.3, 0.4) is 0 Å². The van der Waals surface area contributed by atoms with Gasteiger partial charge in [0.1, 0.15) is 17.2 Å². The number of pyridine rings is 1. The van der Waals surface area contributed by atoms with E-state index in [4.69, 9.17) is 23.2 Å². The van der Waals surface area contributed by atoms with Crippen molar-refractivity contribution in [2.75, 3.05) is 5.32 Å². The van der Waals surface area contributed by atoms with Gasteiger partial charge in [-0.2, -0.15) is 0 Å². The van der Waals surface area contributed by atoms with Gasteiger partial charge in [-0.15, -0.1) is 0 Å². The standard InChI is InChI=1S/C21H15Cl2N3O/c22-16-9-6-10-17(23)15(16)13-19(27)25-21-20(14-7-2-1-3-8-14)24-18-11-4-5-12-26(18)21/h1-12H,13H2,(H,25,27). The topological polar surface area (TPSA) is 46.4 Å². The number of nitrogens with one attached hydrogen (secondary N) is 1. The molecule has 0 unspecified atom stereocenters. The molecule has 0 aliphatic rings. The average molecular weight is 396 g/mol. The first-order valence-electron chi connectivity index (χ1n) is 8.39. The molecule has 0 saturated carbocycles. The highest BCUT2D eigenvalue weighted by Crippen LogP contribution is 2.29. The zero-order chi connectivity index (χ0) is 18.8. The summed E-state index contributed by atoms with van der Waals surface area (Å²) in [4.78, 5) is 17.4. The Morgan fingerprint density at radius 2 is 1.63 bits per heavy atom. The summed E-state index contributed by atoms with van der Waals surface area (Å²) >= 11 is 12.4. The van der Waals surface area contributed by atoms with Gasteiger partial charge in [-0.1, -0.05) is 65.7 Å². The van der Waals surface area contributed by atoms with E-state index in [-0.39, 0.29) is 12.3 Å². The van der Waals surface area contributed by atoms with Crippen molar-refractivity contribution in [2.24, 2.45) is 0 Å². The molecule has 1 amide bonds. The molecule has 2 aromatic heterocycles. The summed E-state index contributed by atoms with van der Waals surface area (Å²) in [7, 11) is 0. The maximum Gasteiger partial charge on any atom is 0.230 e. The van der Waals surface area contributed by atoms with Gasteiger partial charge in [0.2, 0.25) is 5.91 Å². The lowest BCUT2D eigenvalue weighted by atomic mass is 10.1. The van der Waals surface area contributed by atoms with Crippen molar-refractivity contribution in [2.45, 2.75) is 6.42 Å². The van der Waals surface area contributed by atoms with Crippen LogP contribution >= 0.6 is 23.2 Å². The highest BCUT2D eigenvalue weighted by molar-refractivity contribution is 6.36. The normalized spacial score (nSPS) is 10.9. The number of fused-ring (bicyclic) bond motifs is 1. The lowest BCUT2D eigenvalue weighted by molar-refractivity contribution is -0.115. The Bertz CT molecular complexity index is 1100. The summed E-state index contributed by atoms with van der Waals surface area (Å²) in [6, 6.07) is 20.6. The smallest absolute Gasteiger partial charge is 0.230 e. The molecule has 27 heavy (non-hydrogen) atoms. The van der Waals surface area contributed by atoms with Gasteiger partial charge in [0.05, 0.1) is 6.42 Å². The maximum atomic E-state index is 12.7. The Balaban J connectivity index is 1.72. The van der Waals surface area contributed by atoms with E-state index in [0.29, 0.717) is 27.1 Å². The largest absolute Gasteiger partial charge is 0.310 e. The molecule has 0 aliphatic heterocycles. The van der Waals surface area contributed by atoms with Gasteiger partial charge < -0.3 is 5.32 Å². The predicted octanol–water partition coefficient (Wildman–Crippen LogP) is 5.49. The van der Waals surface area contributed by atoms with E-state index in [9.17, 15) is 4.79 Å². The van der Waals surface area contributed by atoms with E-state index in [1.54, 1.807) is 18.2 Å². The third kappa shape index (κ3) is 3.54. The summed E-state index contributed by atoms with van der Waals surface area (Å²) in [5.41, 5.74) is 2.99. The number of hydrogen-bond donors (Lipinski definition) is 1. The molecule has 4 rings (SSSR count). The fourth-order valence-corrected chi connectivity index (χ4v) is 3.48. The number of amides is 1. The SMILES string of the molecule is O=C(Cc1c(Cl)cccc1Cl)Nc1c(-c2ccccc2)nc2ccccn12. The van der Waals surface area contributed by atoms with E-state index in [1.165, 1.54) is 0 Å². The number of aromatic nitrogens is 2. The average Bonchev–Trinajstić information content (AvgIpc) is 3.04. The molecule has 2 aromatic carbocycles. The van der Waals surface area contributed by atoms with Crippen LogP contribution in [0.4, 0.5) is 5.82 Å². The van der Waals surface area contributed by atoms with E-state index in [2.05, 4.69) is 10.3 Å². The van der Waals surface area contributed by atoms with Gasteiger partial charge in [0, 0.05) is 21.8 Å². The van der Waals surface area contributed by atoms with Gasteiger partial charge in [0.25, 0.3) is 0 Å². The van der Waals surface area contributed by atoms with Gasteiger partial charge >= 0.3 is 0 Å². The van der Waals surface area contributed by atoms with Crippen molar-refractivity contribution < 1.29 is 4.79 Å². The maximum absolute atomic E-state index is 12.7. The van der Waals surface area contributed by atoms with Gasteiger partial charge in [-0.05, 0) is 29.8 Å². The van der Waals surface area contributed by atoms with Crippen LogP contribution in [-0.4, -0.2) is 15.3 Å². The van der Waals surface area contributed by atoms with Crippen LogP contribution in [-0.2, 0) is 11.2 Å². The first kappa shape index (κ1) is 17.6. The molecule has 134 valence electrons. The van der Waals surface area contributed by atoms with Crippen molar-refractivity contribution in [3.8, 4) is 11.3 Å². The van der Waals surface area contributed by atoms with Crippen molar-refractivity contribution in [1.29, 1.82) is 0 Å². The summed E-state index contributed by atoms with van der Waals surface area (Å²) in [5, 5.41) is 3.92. The number of anilines is 1. The predicted molar refractivity (Wildman–Crippen MR) is 109 cm³/mol. The molecule has 0 bridgehead atoms. The minimum absolute atomic E-state index is 0.0762. The van der Waals surface area contributed by atoms with Gasteiger partial charge in [-0.25, -0.2) is 4.98 Å². The third-order valence-electron chi connectivity index (χ3n) is 4.23. The Kier molecular flexibility index (Phi) is 4.84. The highest BCUT2D eigenvalue weighted by Gasteiger charge is 2.17. The Morgan fingerprint density at radius 1 is 0.926 bits per heavy atom. The monoisotopic (exact) mass is 395 g/mol. The van der Waals surface area contributed by atoms with E-state index < -0.39 is 0 Å². The van der Waals surface area contributed by atoms with Crippen LogP contribution in [0, 0.1) is 0 Å². The second kappa shape index (κ2) is 7.43. The lowest BCUT2D eigenvalue weighted by Gasteiger charge is -2.10. The van der Waals surface area contributed by atoms with Crippen LogP contribution in [0.15, 0.2) is 72.9 Å². The number of hydrogen-bond acceptors (Lipinski definition) is 2. The highest BCUT2D eigenvalue weighted by atomic mass is 35.5. The molecule has 4 nitrogen and oxygen atoms in total. The fraction of sp³-hybridized carbons (Fsp3) is 0.0476. The van der Waals surface area contributed by atoms with Crippen molar-refractivity contribution in [3.05, 3.63) is 88.5 Å². The molecule has 0 atom stereocenters.